The average molecular weight is 376 g/mol. The van der Waals surface area contributed by atoms with Crippen LogP contribution in [0.2, 0.25) is 5.02 Å². The van der Waals surface area contributed by atoms with Crippen molar-refractivity contribution in [1.82, 2.24) is 9.78 Å². The van der Waals surface area contributed by atoms with Crippen LogP contribution in [0.15, 0.2) is 36.7 Å². The number of hydrogen-bond acceptors (Lipinski definition) is 2. The molecule has 1 heterocycles. The van der Waals surface area contributed by atoms with Crippen molar-refractivity contribution < 1.29 is 4.79 Å². The summed E-state index contributed by atoms with van der Waals surface area (Å²) in [6.07, 6.45) is 3.41. The van der Waals surface area contributed by atoms with E-state index in [-0.39, 0.29) is 11.9 Å². The molecule has 2 rings (SSSR count). The number of carbonyl (C=O) groups excluding carboxylic acids is 1. The minimum absolute atomic E-state index is 0.112. The predicted octanol–water partition coefficient (Wildman–Crippen LogP) is 3.34. The number of hydrogen-bond donors (Lipinski definition) is 1. The van der Waals surface area contributed by atoms with E-state index < -0.39 is 0 Å². The summed E-state index contributed by atoms with van der Waals surface area (Å²) in [6, 6.07) is 6.77. The Morgan fingerprint density at radius 3 is 2.94 bits per heavy atom. The van der Waals surface area contributed by atoms with Crippen LogP contribution in [0.1, 0.15) is 13.0 Å². The van der Waals surface area contributed by atoms with Gasteiger partial charge >= 0.3 is 0 Å². The largest absolute Gasteiger partial charge is 0.323 e. The van der Waals surface area contributed by atoms with Gasteiger partial charge in [-0.05, 0) is 53.8 Å². The Morgan fingerprint density at radius 1 is 1.56 bits per heavy atom. The zero-order valence-electron chi connectivity index (χ0n) is 9.60. The lowest BCUT2D eigenvalue weighted by atomic mass is 10.2. The van der Waals surface area contributed by atoms with Crippen molar-refractivity contribution in [3.63, 3.8) is 0 Å². The molecular weight excluding hydrogens is 365 g/mol. The van der Waals surface area contributed by atoms with E-state index in [9.17, 15) is 4.79 Å². The van der Waals surface area contributed by atoms with Gasteiger partial charge in [0.2, 0.25) is 5.91 Å². The molecule has 1 aromatic carbocycles. The fourth-order valence-electron chi connectivity index (χ4n) is 1.46. The molecule has 1 N–H and O–H groups in total. The van der Waals surface area contributed by atoms with Crippen LogP contribution < -0.4 is 5.32 Å². The third kappa shape index (κ3) is 3.02. The summed E-state index contributed by atoms with van der Waals surface area (Å²) in [4.78, 5) is 12.0. The zero-order chi connectivity index (χ0) is 13.1. The van der Waals surface area contributed by atoms with Crippen molar-refractivity contribution in [2.45, 2.75) is 13.0 Å². The van der Waals surface area contributed by atoms with E-state index in [1.165, 1.54) is 0 Å². The van der Waals surface area contributed by atoms with Crippen LogP contribution in [-0.2, 0) is 4.79 Å². The van der Waals surface area contributed by atoms with E-state index in [1.807, 2.05) is 0 Å². The summed E-state index contributed by atoms with van der Waals surface area (Å²) in [5.41, 5.74) is 0.754. The van der Waals surface area contributed by atoms with E-state index in [4.69, 9.17) is 11.6 Å². The van der Waals surface area contributed by atoms with Gasteiger partial charge in [0.15, 0.2) is 0 Å². The maximum absolute atomic E-state index is 12.0. The molecule has 0 saturated heterocycles. The molecule has 0 radical (unpaired) electrons. The van der Waals surface area contributed by atoms with Crippen molar-refractivity contribution in [1.29, 1.82) is 0 Å². The van der Waals surface area contributed by atoms with Gasteiger partial charge < -0.3 is 5.32 Å². The van der Waals surface area contributed by atoms with E-state index in [1.54, 1.807) is 48.3 Å². The third-order valence-electron chi connectivity index (χ3n) is 2.49. The Kier molecular flexibility index (Phi) is 4.23. The van der Waals surface area contributed by atoms with Gasteiger partial charge in [-0.1, -0.05) is 11.6 Å². The fourth-order valence-corrected chi connectivity index (χ4v) is 2.46. The molecule has 1 amide bonds. The second kappa shape index (κ2) is 5.71. The van der Waals surface area contributed by atoms with Gasteiger partial charge in [-0.2, -0.15) is 5.10 Å². The molecule has 0 saturated carbocycles. The number of benzene rings is 1. The summed E-state index contributed by atoms with van der Waals surface area (Å²) >= 11 is 8.00. The highest BCUT2D eigenvalue weighted by molar-refractivity contribution is 14.1. The van der Waals surface area contributed by atoms with Gasteiger partial charge in [0, 0.05) is 21.0 Å². The topological polar surface area (TPSA) is 46.9 Å². The lowest BCUT2D eigenvalue weighted by Crippen LogP contribution is -2.24. The van der Waals surface area contributed by atoms with E-state index in [2.05, 4.69) is 33.0 Å². The molecule has 0 aliphatic heterocycles. The SMILES string of the molecule is CC(C(=O)Nc1ccc(Cl)cc1I)n1cccn1. The predicted molar refractivity (Wildman–Crippen MR) is 79.7 cm³/mol. The Balaban J connectivity index is 2.12. The molecule has 0 fully saturated rings. The smallest absolute Gasteiger partial charge is 0.248 e. The first-order valence-electron chi connectivity index (χ1n) is 5.33. The van der Waals surface area contributed by atoms with Gasteiger partial charge in [-0.3, -0.25) is 9.48 Å². The number of carbonyl (C=O) groups is 1. The van der Waals surface area contributed by atoms with Crippen molar-refractivity contribution in [3.05, 3.63) is 45.3 Å². The van der Waals surface area contributed by atoms with Crippen LogP contribution in [-0.4, -0.2) is 15.7 Å². The molecule has 1 atom stereocenters. The summed E-state index contributed by atoms with van der Waals surface area (Å²) in [5.74, 6) is -0.112. The number of amides is 1. The summed E-state index contributed by atoms with van der Waals surface area (Å²) in [7, 11) is 0. The van der Waals surface area contributed by atoms with E-state index in [0.29, 0.717) is 5.02 Å². The van der Waals surface area contributed by atoms with Crippen LogP contribution in [0.3, 0.4) is 0 Å². The Hall–Kier alpha value is -1.08. The molecule has 0 aliphatic rings. The highest BCUT2D eigenvalue weighted by Crippen LogP contribution is 2.23. The Morgan fingerprint density at radius 2 is 2.33 bits per heavy atom. The molecule has 0 aliphatic carbocycles. The maximum Gasteiger partial charge on any atom is 0.248 e. The molecule has 6 heteroatoms. The number of halogens is 2. The van der Waals surface area contributed by atoms with Crippen LogP contribution >= 0.6 is 34.2 Å². The maximum atomic E-state index is 12.0. The second-order valence-corrected chi connectivity index (χ2v) is 5.37. The Labute approximate surface area is 123 Å². The molecule has 18 heavy (non-hydrogen) atoms. The van der Waals surface area contributed by atoms with Crippen molar-refractivity contribution in [3.8, 4) is 0 Å². The van der Waals surface area contributed by atoms with Crippen LogP contribution in [0.25, 0.3) is 0 Å². The van der Waals surface area contributed by atoms with Crippen molar-refractivity contribution in [2.75, 3.05) is 5.32 Å². The Bertz CT molecular complexity index is 556. The minimum atomic E-state index is -0.355. The first-order valence-corrected chi connectivity index (χ1v) is 6.78. The van der Waals surface area contributed by atoms with Crippen molar-refractivity contribution in [2.24, 2.45) is 0 Å². The van der Waals surface area contributed by atoms with Gasteiger partial charge in [0.1, 0.15) is 6.04 Å². The zero-order valence-corrected chi connectivity index (χ0v) is 12.5. The molecule has 0 bridgehead atoms. The average Bonchev–Trinajstić information content (AvgIpc) is 2.85. The highest BCUT2D eigenvalue weighted by Gasteiger charge is 2.15. The lowest BCUT2D eigenvalue weighted by molar-refractivity contribution is -0.119. The fraction of sp³-hybridized carbons (Fsp3) is 0.167. The van der Waals surface area contributed by atoms with Gasteiger partial charge in [0.05, 0.1) is 5.69 Å². The monoisotopic (exact) mass is 375 g/mol. The number of nitrogens with one attached hydrogen (secondary N) is 1. The van der Waals surface area contributed by atoms with Crippen LogP contribution in [0.5, 0.6) is 0 Å². The van der Waals surface area contributed by atoms with Gasteiger partial charge in [-0.25, -0.2) is 0 Å². The van der Waals surface area contributed by atoms with Gasteiger partial charge in [0.25, 0.3) is 0 Å². The van der Waals surface area contributed by atoms with E-state index in [0.717, 1.165) is 9.26 Å². The molecule has 94 valence electrons. The number of anilines is 1. The quantitative estimate of drug-likeness (QED) is 0.837. The van der Waals surface area contributed by atoms with Crippen LogP contribution in [0.4, 0.5) is 5.69 Å². The summed E-state index contributed by atoms with van der Waals surface area (Å²) < 4.78 is 2.51. The van der Waals surface area contributed by atoms with Crippen molar-refractivity contribution >= 4 is 45.8 Å². The van der Waals surface area contributed by atoms with Gasteiger partial charge in [-0.15, -0.1) is 0 Å². The summed E-state index contributed by atoms with van der Waals surface area (Å²) in [5, 5.41) is 7.56. The first-order chi connectivity index (χ1) is 8.58. The highest BCUT2D eigenvalue weighted by atomic mass is 127. The molecule has 1 unspecified atom stereocenters. The minimum Gasteiger partial charge on any atom is -0.323 e. The molecule has 1 aromatic heterocycles. The molecular formula is C12H11ClIN3O. The number of aromatic nitrogens is 2. The lowest BCUT2D eigenvalue weighted by Gasteiger charge is -2.13. The molecule has 2 aromatic rings. The number of nitrogens with zero attached hydrogens (tertiary/aromatic N) is 2. The third-order valence-corrected chi connectivity index (χ3v) is 3.62. The van der Waals surface area contributed by atoms with E-state index >= 15 is 0 Å². The number of rotatable bonds is 3. The molecule has 0 spiro atoms. The standard InChI is InChI=1S/C12H11ClIN3O/c1-8(17-6-2-5-15-17)12(18)16-11-4-3-9(13)7-10(11)14/h2-8H,1H3,(H,16,18). The first kappa shape index (κ1) is 13.4. The normalized spacial score (nSPS) is 12.2. The van der Waals surface area contributed by atoms with Crippen LogP contribution in [0, 0.1) is 3.57 Å². The molecule has 4 nitrogen and oxygen atoms in total. The summed E-state index contributed by atoms with van der Waals surface area (Å²) in [6.45, 7) is 1.80. The second-order valence-electron chi connectivity index (χ2n) is 3.78.